The lowest BCUT2D eigenvalue weighted by atomic mass is 10.2. The van der Waals surface area contributed by atoms with Gasteiger partial charge in [0.15, 0.2) is 0 Å². The molecule has 1 aliphatic rings. The molecular weight excluding hydrogens is 190 g/mol. The molecule has 0 aromatic carbocycles. The highest BCUT2D eigenvalue weighted by Gasteiger charge is 2.31. The molecule has 5 heteroatoms. The van der Waals surface area contributed by atoms with Crippen LogP contribution in [0, 0.1) is 0 Å². The van der Waals surface area contributed by atoms with E-state index >= 15 is 0 Å². The van der Waals surface area contributed by atoms with Crippen molar-refractivity contribution in [3.8, 4) is 0 Å². The Morgan fingerprint density at radius 2 is 2.15 bits per heavy atom. The molecule has 1 aliphatic heterocycles. The molecule has 1 rings (SSSR count). The highest BCUT2D eigenvalue weighted by atomic mass is 32.2. The summed E-state index contributed by atoms with van der Waals surface area (Å²) in [7, 11) is -3.07. The van der Waals surface area contributed by atoms with Crippen LogP contribution in [0.15, 0.2) is 0 Å². The fourth-order valence-corrected chi connectivity index (χ4v) is 2.77. The van der Waals surface area contributed by atoms with Crippen LogP contribution in [-0.4, -0.2) is 44.3 Å². The smallest absolute Gasteiger partial charge is 0.211 e. The maximum Gasteiger partial charge on any atom is 0.211 e. The van der Waals surface area contributed by atoms with Crippen LogP contribution in [0.1, 0.15) is 20.3 Å². The fraction of sp³-hybridized carbons (Fsp3) is 1.00. The highest BCUT2D eigenvalue weighted by molar-refractivity contribution is 7.88. The molecule has 1 heterocycles. The van der Waals surface area contributed by atoms with Gasteiger partial charge in [0.25, 0.3) is 0 Å². The van der Waals surface area contributed by atoms with Crippen LogP contribution in [-0.2, 0) is 14.8 Å². The molecular formula is C8H17NO3S. The van der Waals surface area contributed by atoms with E-state index in [1.165, 1.54) is 6.26 Å². The Morgan fingerprint density at radius 3 is 2.62 bits per heavy atom. The summed E-state index contributed by atoms with van der Waals surface area (Å²) >= 11 is 0. The van der Waals surface area contributed by atoms with Gasteiger partial charge < -0.3 is 4.74 Å². The van der Waals surface area contributed by atoms with Crippen molar-refractivity contribution in [2.24, 2.45) is 0 Å². The normalized spacial score (nSPS) is 31.9. The summed E-state index contributed by atoms with van der Waals surface area (Å²) in [5.74, 6) is 0. The van der Waals surface area contributed by atoms with Gasteiger partial charge in [0.05, 0.1) is 19.0 Å². The first-order valence-corrected chi connectivity index (χ1v) is 6.38. The Morgan fingerprint density at radius 1 is 1.54 bits per heavy atom. The van der Waals surface area contributed by atoms with E-state index in [-0.39, 0.29) is 12.1 Å². The van der Waals surface area contributed by atoms with E-state index in [9.17, 15) is 8.42 Å². The van der Waals surface area contributed by atoms with Gasteiger partial charge in [0, 0.05) is 12.6 Å². The van der Waals surface area contributed by atoms with Crippen LogP contribution in [0.25, 0.3) is 0 Å². The molecule has 1 fully saturated rings. The fourth-order valence-electron chi connectivity index (χ4n) is 1.54. The Bertz CT molecular complexity index is 263. The second kappa shape index (κ2) is 3.94. The lowest BCUT2D eigenvalue weighted by molar-refractivity contribution is -0.0227. The van der Waals surface area contributed by atoms with Gasteiger partial charge >= 0.3 is 0 Å². The first-order chi connectivity index (χ1) is 5.95. The Hall–Kier alpha value is -0.130. The molecule has 0 N–H and O–H groups in total. The van der Waals surface area contributed by atoms with Crippen LogP contribution < -0.4 is 0 Å². The zero-order valence-electron chi connectivity index (χ0n) is 8.36. The zero-order valence-corrected chi connectivity index (χ0v) is 9.17. The van der Waals surface area contributed by atoms with Crippen LogP contribution >= 0.6 is 0 Å². The molecule has 0 aromatic heterocycles. The molecule has 2 unspecified atom stereocenters. The lowest BCUT2D eigenvalue weighted by Gasteiger charge is -2.36. The topological polar surface area (TPSA) is 46.6 Å². The minimum absolute atomic E-state index is 0.0116. The monoisotopic (exact) mass is 207 g/mol. The standard InChI is InChI=1S/C8H17NO3S/c1-4-8-6-12-7(2)5-9(8)13(3,10)11/h7-8H,4-6H2,1-3H3. The Balaban J connectivity index is 2.77. The van der Waals surface area contributed by atoms with E-state index in [0.29, 0.717) is 13.2 Å². The third-order valence-electron chi connectivity index (χ3n) is 2.31. The zero-order chi connectivity index (χ0) is 10.1. The van der Waals surface area contributed by atoms with Crippen LogP contribution in [0.5, 0.6) is 0 Å². The number of hydrogen-bond donors (Lipinski definition) is 0. The Labute approximate surface area is 79.9 Å². The summed E-state index contributed by atoms with van der Waals surface area (Å²) < 4.78 is 29.7. The molecule has 0 aliphatic carbocycles. The van der Waals surface area contributed by atoms with E-state index in [0.717, 1.165) is 6.42 Å². The van der Waals surface area contributed by atoms with Gasteiger partial charge in [-0.05, 0) is 13.3 Å². The SMILES string of the molecule is CCC1COC(C)CN1S(C)(=O)=O. The van der Waals surface area contributed by atoms with Crippen molar-refractivity contribution in [1.29, 1.82) is 0 Å². The number of morpholine rings is 1. The van der Waals surface area contributed by atoms with Gasteiger partial charge in [-0.1, -0.05) is 6.92 Å². The van der Waals surface area contributed by atoms with Crippen molar-refractivity contribution in [3.05, 3.63) is 0 Å². The van der Waals surface area contributed by atoms with E-state index in [1.54, 1.807) is 4.31 Å². The molecule has 13 heavy (non-hydrogen) atoms. The van der Waals surface area contributed by atoms with Gasteiger partial charge in [-0.15, -0.1) is 0 Å². The van der Waals surface area contributed by atoms with Crippen molar-refractivity contribution in [3.63, 3.8) is 0 Å². The summed E-state index contributed by atoms with van der Waals surface area (Å²) in [4.78, 5) is 0. The summed E-state index contributed by atoms with van der Waals surface area (Å²) in [6.45, 7) is 4.87. The minimum atomic E-state index is -3.07. The number of nitrogens with zero attached hydrogens (tertiary/aromatic N) is 1. The van der Waals surface area contributed by atoms with Gasteiger partial charge in [0.2, 0.25) is 10.0 Å². The van der Waals surface area contributed by atoms with Crippen molar-refractivity contribution in [1.82, 2.24) is 4.31 Å². The largest absolute Gasteiger partial charge is 0.375 e. The van der Waals surface area contributed by atoms with Crippen molar-refractivity contribution in [2.75, 3.05) is 19.4 Å². The van der Waals surface area contributed by atoms with Crippen LogP contribution in [0.2, 0.25) is 0 Å². The molecule has 78 valence electrons. The Kier molecular flexibility index (Phi) is 3.32. The molecule has 0 saturated carbocycles. The number of ether oxygens (including phenoxy) is 1. The number of hydrogen-bond acceptors (Lipinski definition) is 3. The minimum Gasteiger partial charge on any atom is -0.375 e. The maximum absolute atomic E-state index is 11.4. The van der Waals surface area contributed by atoms with Crippen LogP contribution in [0.4, 0.5) is 0 Å². The summed E-state index contributed by atoms with van der Waals surface area (Å²) in [5.41, 5.74) is 0. The average Bonchev–Trinajstić information content (AvgIpc) is 2.03. The van der Waals surface area contributed by atoms with Crippen molar-refractivity contribution in [2.45, 2.75) is 32.4 Å². The molecule has 0 spiro atoms. The second-order valence-corrected chi connectivity index (χ2v) is 5.47. The van der Waals surface area contributed by atoms with E-state index < -0.39 is 10.0 Å². The predicted molar refractivity (Wildman–Crippen MR) is 51.0 cm³/mol. The quantitative estimate of drug-likeness (QED) is 0.660. The number of rotatable bonds is 2. The van der Waals surface area contributed by atoms with E-state index in [2.05, 4.69) is 0 Å². The number of sulfonamides is 1. The summed E-state index contributed by atoms with van der Waals surface area (Å²) in [6.07, 6.45) is 2.07. The summed E-state index contributed by atoms with van der Waals surface area (Å²) in [6, 6.07) is 0.0196. The molecule has 0 bridgehead atoms. The first kappa shape index (κ1) is 10.9. The molecule has 0 amide bonds. The predicted octanol–water partition coefficient (Wildman–Crippen LogP) is 0.445. The third kappa shape index (κ3) is 2.65. The maximum atomic E-state index is 11.4. The molecule has 1 saturated heterocycles. The van der Waals surface area contributed by atoms with Gasteiger partial charge in [-0.2, -0.15) is 4.31 Å². The first-order valence-electron chi connectivity index (χ1n) is 4.53. The summed E-state index contributed by atoms with van der Waals surface area (Å²) in [5, 5.41) is 0. The van der Waals surface area contributed by atoms with Gasteiger partial charge in [-0.25, -0.2) is 8.42 Å². The van der Waals surface area contributed by atoms with Crippen molar-refractivity contribution >= 4 is 10.0 Å². The molecule has 0 aromatic rings. The van der Waals surface area contributed by atoms with E-state index in [4.69, 9.17) is 4.74 Å². The van der Waals surface area contributed by atoms with Crippen LogP contribution in [0.3, 0.4) is 0 Å². The van der Waals surface area contributed by atoms with E-state index in [1.807, 2.05) is 13.8 Å². The molecule has 4 nitrogen and oxygen atoms in total. The average molecular weight is 207 g/mol. The lowest BCUT2D eigenvalue weighted by Crippen LogP contribution is -2.50. The van der Waals surface area contributed by atoms with Crippen molar-refractivity contribution < 1.29 is 13.2 Å². The third-order valence-corrected chi connectivity index (χ3v) is 3.61. The van der Waals surface area contributed by atoms with Gasteiger partial charge in [-0.3, -0.25) is 0 Å². The molecule has 0 radical (unpaired) electrons. The second-order valence-electron chi connectivity index (χ2n) is 3.54. The highest BCUT2D eigenvalue weighted by Crippen LogP contribution is 2.17. The molecule has 2 atom stereocenters. The van der Waals surface area contributed by atoms with Gasteiger partial charge in [0.1, 0.15) is 0 Å².